The summed E-state index contributed by atoms with van der Waals surface area (Å²) in [5, 5.41) is 7.82. The molecule has 2 unspecified atom stereocenters. The number of hydrogen-bond donors (Lipinski definition) is 1. The summed E-state index contributed by atoms with van der Waals surface area (Å²) in [6.07, 6.45) is 7.73. The molecule has 2 rings (SSSR count). The molecule has 1 saturated carbocycles. The van der Waals surface area contributed by atoms with Gasteiger partial charge in [-0.2, -0.15) is 0 Å². The van der Waals surface area contributed by atoms with Crippen LogP contribution >= 0.6 is 0 Å². The van der Waals surface area contributed by atoms with Crippen molar-refractivity contribution >= 4 is 0 Å². The lowest BCUT2D eigenvalue weighted by Gasteiger charge is -2.21. The van der Waals surface area contributed by atoms with E-state index in [2.05, 4.69) is 10.2 Å². The van der Waals surface area contributed by atoms with Gasteiger partial charge in [0.1, 0.15) is 12.9 Å². The van der Waals surface area contributed by atoms with E-state index in [-0.39, 0.29) is 12.1 Å². The molecule has 5 heteroatoms. The summed E-state index contributed by atoms with van der Waals surface area (Å²) in [5.41, 5.74) is 6.09. The fourth-order valence-electron chi connectivity index (χ4n) is 2.13. The van der Waals surface area contributed by atoms with Crippen molar-refractivity contribution in [2.45, 2.75) is 50.9 Å². The van der Waals surface area contributed by atoms with Crippen LogP contribution in [0.5, 0.6) is 0 Å². The Morgan fingerprint density at radius 1 is 1.44 bits per heavy atom. The molecule has 0 spiro atoms. The first-order valence-corrected chi connectivity index (χ1v) is 5.97. The van der Waals surface area contributed by atoms with Gasteiger partial charge in [0.2, 0.25) is 0 Å². The highest BCUT2D eigenvalue weighted by molar-refractivity contribution is 4.83. The Bertz CT molecular complexity index is 326. The minimum atomic E-state index is 0.177. The summed E-state index contributed by atoms with van der Waals surface area (Å²) in [6, 6.07) is 0.177. The number of nitrogens with two attached hydrogens (primary N) is 1. The highest BCUT2D eigenvalue weighted by atomic mass is 16.5. The Balaban J connectivity index is 1.86. The highest BCUT2D eigenvalue weighted by Crippen LogP contribution is 2.19. The van der Waals surface area contributed by atoms with E-state index in [0.717, 1.165) is 18.7 Å². The minimum absolute atomic E-state index is 0.177. The molecule has 1 aliphatic rings. The molecular formula is C11H20N4O. The van der Waals surface area contributed by atoms with Crippen LogP contribution in [0.4, 0.5) is 0 Å². The SMILES string of the molecule is Cn1cnnc1COC1CCCCCC1N. The zero-order valence-electron chi connectivity index (χ0n) is 9.80. The molecule has 0 radical (unpaired) electrons. The molecule has 16 heavy (non-hydrogen) atoms. The van der Waals surface area contributed by atoms with Gasteiger partial charge in [-0.25, -0.2) is 0 Å². The van der Waals surface area contributed by atoms with E-state index in [1.807, 2.05) is 11.6 Å². The summed E-state index contributed by atoms with van der Waals surface area (Å²) >= 11 is 0. The summed E-state index contributed by atoms with van der Waals surface area (Å²) in [5.74, 6) is 0.858. The molecule has 2 atom stereocenters. The molecule has 1 aliphatic carbocycles. The third-order valence-electron chi connectivity index (χ3n) is 3.24. The first-order chi connectivity index (χ1) is 7.77. The Morgan fingerprint density at radius 3 is 3.00 bits per heavy atom. The second-order valence-corrected chi connectivity index (χ2v) is 4.51. The van der Waals surface area contributed by atoms with Crippen molar-refractivity contribution in [2.75, 3.05) is 0 Å². The molecular weight excluding hydrogens is 204 g/mol. The summed E-state index contributed by atoms with van der Waals surface area (Å²) in [7, 11) is 1.92. The molecule has 0 aliphatic heterocycles. The molecule has 1 heterocycles. The third kappa shape index (κ3) is 2.80. The van der Waals surface area contributed by atoms with Gasteiger partial charge < -0.3 is 15.0 Å². The molecule has 0 bridgehead atoms. The van der Waals surface area contributed by atoms with Gasteiger partial charge in [-0.05, 0) is 12.8 Å². The van der Waals surface area contributed by atoms with Gasteiger partial charge in [-0.3, -0.25) is 0 Å². The van der Waals surface area contributed by atoms with Crippen LogP contribution in [-0.2, 0) is 18.4 Å². The van der Waals surface area contributed by atoms with Gasteiger partial charge in [-0.1, -0.05) is 19.3 Å². The molecule has 1 fully saturated rings. The van der Waals surface area contributed by atoms with Gasteiger partial charge in [0.15, 0.2) is 5.82 Å². The lowest BCUT2D eigenvalue weighted by atomic mass is 10.1. The Kier molecular flexibility index (Phi) is 3.90. The summed E-state index contributed by atoms with van der Waals surface area (Å²) in [4.78, 5) is 0. The van der Waals surface area contributed by atoms with Crippen molar-refractivity contribution in [3.05, 3.63) is 12.2 Å². The first-order valence-electron chi connectivity index (χ1n) is 5.97. The zero-order chi connectivity index (χ0) is 11.4. The average molecular weight is 224 g/mol. The Hall–Kier alpha value is -0.940. The monoisotopic (exact) mass is 224 g/mol. The standard InChI is InChI=1S/C11H20N4O/c1-15-8-13-14-11(15)7-16-10-6-4-2-3-5-9(10)12/h8-10H,2-7,12H2,1H3. The van der Waals surface area contributed by atoms with Crippen LogP contribution in [0.2, 0.25) is 0 Å². The predicted octanol–water partition coefficient (Wildman–Crippen LogP) is 0.992. The Morgan fingerprint density at radius 2 is 2.25 bits per heavy atom. The second-order valence-electron chi connectivity index (χ2n) is 4.51. The van der Waals surface area contributed by atoms with Crippen molar-refractivity contribution < 1.29 is 4.74 Å². The average Bonchev–Trinajstić information content (AvgIpc) is 2.56. The first kappa shape index (κ1) is 11.5. The van der Waals surface area contributed by atoms with Gasteiger partial charge in [0, 0.05) is 13.1 Å². The molecule has 5 nitrogen and oxygen atoms in total. The van der Waals surface area contributed by atoms with Crippen LogP contribution in [0.25, 0.3) is 0 Å². The summed E-state index contributed by atoms with van der Waals surface area (Å²) in [6.45, 7) is 0.509. The Labute approximate surface area is 96.0 Å². The van der Waals surface area contributed by atoms with Crippen molar-refractivity contribution in [1.29, 1.82) is 0 Å². The fraction of sp³-hybridized carbons (Fsp3) is 0.818. The van der Waals surface area contributed by atoms with E-state index in [4.69, 9.17) is 10.5 Å². The molecule has 0 aromatic carbocycles. The third-order valence-corrected chi connectivity index (χ3v) is 3.24. The molecule has 2 N–H and O–H groups in total. The van der Waals surface area contributed by atoms with Crippen molar-refractivity contribution in [3.63, 3.8) is 0 Å². The number of hydrogen-bond acceptors (Lipinski definition) is 4. The molecule has 0 saturated heterocycles. The number of aryl methyl sites for hydroxylation is 1. The lowest BCUT2D eigenvalue weighted by Crippen LogP contribution is -2.35. The van der Waals surface area contributed by atoms with E-state index >= 15 is 0 Å². The topological polar surface area (TPSA) is 66.0 Å². The van der Waals surface area contributed by atoms with Crippen LogP contribution in [0, 0.1) is 0 Å². The molecule has 1 aromatic heterocycles. The van der Waals surface area contributed by atoms with E-state index in [1.165, 1.54) is 19.3 Å². The van der Waals surface area contributed by atoms with Crippen LogP contribution in [0.3, 0.4) is 0 Å². The van der Waals surface area contributed by atoms with Gasteiger partial charge in [0.25, 0.3) is 0 Å². The zero-order valence-corrected chi connectivity index (χ0v) is 9.80. The maximum absolute atomic E-state index is 6.09. The maximum atomic E-state index is 6.09. The van der Waals surface area contributed by atoms with Crippen LogP contribution in [-0.4, -0.2) is 26.9 Å². The number of rotatable bonds is 3. The van der Waals surface area contributed by atoms with E-state index in [1.54, 1.807) is 6.33 Å². The molecule has 1 aromatic rings. The maximum Gasteiger partial charge on any atom is 0.158 e. The van der Waals surface area contributed by atoms with Crippen molar-refractivity contribution in [3.8, 4) is 0 Å². The summed E-state index contributed by atoms with van der Waals surface area (Å²) < 4.78 is 7.73. The molecule has 90 valence electrons. The van der Waals surface area contributed by atoms with Crippen LogP contribution in [0.15, 0.2) is 6.33 Å². The van der Waals surface area contributed by atoms with Crippen LogP contribution < -0.4 is 5.73 Å². The highest BCUT2D eigenvalue weighted by Gasteiger charge is 2.21. The van der Waals surface area contributed by atoms with Crippen molar-refractivity contribution in [1.82, 2.24) is 14.8 Å². The van der Waals surface area contributed by atoms with Gasteiger partial charge in [0.05, 0.1) is 6.10 Å². The van der Waals surface area contributed by atoms with E-state index in [9.17, 15) is 0 Å². The molecule has 0 amide bonds. The predicted molar refractivity (Wildman–Crippen MR) is 60.6 cm³/mol. The largest absolute Gasteiger partial charge is 0.369 e. The van der Waals surface area contributed by atoms with Crippen LogP contribution in [0.1, 0.15) is 37.9 Å². The van der Waals surface area contributed by atoms with E-state index in [0.29, 0.717) is 6.61 Å². The fourth-order valence-corrected chi connectivity index (χ4v) is 2.13. The second kappa shape index (κ2) is 5.41. The number of nitrogens with zero attached hydrogens (tertiary/aromatic N) is 3. The van der Waals surface area contributed by atoms with Gasteiger partial charge >= 0.3 is 0 Å². The van der Waals surface area contributed by atoms with Crippen molar-refractivity contribution in [2.24, 2.45) is 12.8 Å². The smallest absolute Gasteiger partial charge is 0.158 e. The number of ether oxygens (including phenoxy) is 1. The van der Waals surface area contributed by atoms with Gasteiger partial charge in [-0.15, -0.1) is 10.2 Å². The normalized spacial score (nSPS) is 26.6. The lowest BCUT2D eigenvalue weighted by molar-refractivity contribution is 0.0149. The quantitative estimate of drug-likeness (QED) is 0.778. The van der Waals surface area contributed by atoms with E-state index < -0.39 is 0 Å². The number of aromatic nitrogens is 3. The minimum Gasteiger partial charge on any atom is -0.369 e.